The van der Waals surface area contributed by atoms with Crippen molar-refractivity contribution in [1.29, 1.82) is 0 Å². The molecule has 184 valence electrons. The minimum atomic E-state index is -0.556. The van der Waals surface area contributed by atoms with Crippen molar-refractivity contribution in [2.45, 2.75) is 19.4 Å². The van der Waals surface area contributed by atoms with Gasteiger partial charge < -0.3 is 0 Å². The lowest BCUT2D eigenvalue weighted by atomic mass is 9.97. The Balaban J connectivity index is 1.40. The second-order valence-electron chi connectivity index (χ2n) is 9.22. The normalized spacial score (nSPS) is 14.1. The standard InChI is InChI=1S/C32H24N4O2/c1-21-34-35-32-27(20-29(37)24-15-10-16-25(19-24)31(38)23-13-6-3-7-14-23)33-30(22-11-4-2-5-12-22)26-17-8-9-18-28(26)36(21)32/h2-19,27H,20H2,1H3. The topological polar surface area (TPSA) is 77.2 Å². The van der Waals surface area contributed by atoms with Gasteiger partial charge >= 0.3 is 0 Å². The van der Waals surface area contributed by atoms with Gasteiger partial charge in [0.15, 0.2) is 17.4 Å². The van der Waals surface area contributed by atoms with Crippen LogP contribution in [0.1, 0.15) is 61.5 Å². The Morgan fingerprint density at radius 2 is 1.39 bits per heavy atom. The fraction of sp³-hybridized carbons (Fsp3) is 0.0938. The van der Waals surface area contributed by atoms with Gasteiger partial charge in [0.25, 0.3) is 0 Å². The first-order chi connectivity index (χ1) is 18.6. The molecule has 0 saturated heterocycles. The first kappa shape index (κ1) is 23.4. The molecule has 38 heavy (non-hydrogen) atoms. The Morgan fingerprint density at radius 1 is 0.737 bits per heavy atom. The van der Waals surface area contributed by atoms with Crippen LogP contribution in [-0.2, 0) is 0 Å². The second kappa shape index (κ2) is 9.82. The van der Waals surface area contributed by atoms with E-state index in [2.05, 4.69) is 10.2 Å². The summed E-state index contributed by atoms with van der Waals surface area (Å²) in [5, 5.41) is 8.78. The Hall–Kier alpha value is -4.97. The van der Waals surface area contributed by atoms with Gasteiger partial charge in [-0.05, 0) is 19.1 Å². The molecule has 0 spiro atoms. The zero-order valence-corrected chi connectivity index (χ0v) is 20.8. The van der Waals surface area contributed by atoms with Crippen molar-refractivity contribution in [3.05, 3.63) is 149 Å². The third-order valence-corrected chi connectivity index (χ3v) is 6.74. The van der Waals surface area contributed by atoms with Gasteiger partial charge in [0.1, 0.15) is 11.9 Å². The summed E-state index contributed by atoms with van der Waals surface area (Å²) in [6, 6.07) is 33.4. The van der Waals surface area contributed by atoms with E-state index in [9.17, 15) is 9.59 Å². The molecule has 6 nitrogen and oxygen atoms in total. The summed E-state index contributed by atoms with van der Waals surface area (Å²) < 4.78 is 1.99. The summed E-state index contributed by atoms with van der Waals surface area (Å²) in [7, 11) is 0. The molecule has 0 amide bonds. The van der Waals surface area contributed by atoms with Crippen molar-refractivity contribution < 1.29 is 9.59 Å². The Morgan fingerprint density at radius 3 is 2.18 bits per heavy atom. The van der Waals surface area contributed by atoms with Gasteiger partial charge in [0.2, 0.25) is 0 Å². The maximum absolute atomic E-state index is 13.6. The largest absolute Gasteiger partial charge is 0.294 e. The molecule has 0 saturated carbocycles. The molecule has 1 unspecified atom stereocenters. The highest BCUT2D eigenvalue weighted by molar-refractivity contribution is 6.15. The molecule has 6 rings (SSSR count). The second-order valence-corrected chi connectivity index (χ2v) is 9.22. The number of ketones is 2. The zero-order chi connectivity index (χ0) is 26.1. The molecular formula is C32H24N4O2. The van der Waals surface area contributed by atoms with Crippen LogP contribution in [0, 0.1) is 6.92 Å². The SMILES string of the molecule is Cc1nnc2n1-c1ccccc1C(c1ccccc1)=NC2CC(=O)c1cccc(C(=O)c2ccccc2)c1. The van der Waals surface area contributed by atoms with Crippen molar-refractivity contribution in [1.82, 2.24) is 14.8 Å². The van der Waals surface area contributed by atoms with Gasteiger partial charge in [0.05, 0.1) is 11.4 Å². The minimum Gasteiger partial charge on any atom is -0.294 e. The van der Waals surface area contributed by atoms with E-state index in [0.29, 0.717) is 22.5 Å². The molecule has 0 radical (unpaired) electrons. The highest BCUT2D eigenvalue weighted by atomic mass is 16.1. The van der Waals surface area contributed by atoms with Crippen molar-refractivity contribution in [3.63, 3.8) is 0 Å². The van der Waals surface area contributed by atoms with Crippen molar-refractivity contribution in [2.24, 2.45) is 4.99 Å². The number of Topliss-reactive ketones (excluding diaryl/α,β-unsaturated/α-hetero) is 1. The van der Waals surface area contributed by atoms with E-state index in [1.165, 1.54) is 0 Å². The van der Waals surface area contributed by atoms with Gasteiger partial charge in [-0.1, -0.05) is 97.1 Å². The third-order valence-electron chi connectivity index (χ3n) is 6.74. The monoisotopic (exact) mass is 496 g/mol. The van der Waals surface area contributed by atoms with E-state index < -0.39 is 6.04 Å². The summed E-state index contributed by atoms with van der Waals surface area (Å²) in [6.07, 6.45) is 0.0887. The fourth-order valence-electron chi connectivity index (χ4n) is 4.89. The molecule has 0 fully saturated rings. The van der Waals surface area contributed by atoms with Gasteiger partial charge in [-0.15, -0.1) is 10.2 Å². The first-order valence-corrected chi connectivity index (χ1v) is 12.5. The maximum atomic E-state index is 13.6. The van der Waals surface area contributed by atoms with Gasteiger partial charge in [0, 0.05) is 34.2 Å². The molecule has 5 aromatic rings. The van der Waals surface area contributed by atoms with Crippen LogP contribution in [0.3, 0.4) is 0 Å². The number of para-hydroxylation sites is 1. The molecular weight excluding hydrogens is 472 g/mol. The van der Waals surface area contributed by atoms with Gasteiger partial charge in [-0.25, -0.2) is 0 Å². The van der Waals surface area contributed by atoms with Crippen molar-refractivity contribution >= 4 is 17.3 Å². The Bertz CT molecular complexity index is 1690. The predicted molar refractivity (Wildman–Crippen MR) is 146 cm³/mol. The van der Waals surface area contributed by atoms with E-state index in [4.69, 9.17) is 4.99 Å². The summed E-state index contributed by atoms with van der Waals surface area (Å²) in [5.74, 6) is 1.10. The van der Waals surface area contributed by atoms with E-state index in [1.807, 2.05) is 84.3 Å². The lowest BCUT2D eigenvalue weighted by Gasteiger charge is -2.12. The number of hydrogen-bond acceptors (Lipinski definition) is 5. The number of hydrogen-bond donors (Lipinski definition) is 0. The van der Waals surface area contributed by atoms with Crippen LogP contribution in [-0.4, -0.2) is 32.0 Å². The lowest BCUT2D eigenvalue weighted by Crippen LogP contribution is -2.12. The van der Waals surface area contributed by atoms with E-state index in [0.717, 1.165) is 28.4 Å². The molecule has 1 aromatic heterocycles. The lowest BCUT2D eigenvalue weighted by molar-refractivity contribution is 0.0973. The molecule has 0 N–H and O–H groups in total. The molecule has 1 aliphatic heterocycles. The third kappa shape index (κ3) is 4.26. The number of aryl methyl sites for hydroxylation is 1. The van der Waals surface area contributed by atoms with Crippen molar-refractivity contribution in [2.75, 3.05) is 0 Å². The summed E-state index contributed by atoms with van der Waals surface area (Å²) in [6.45, 7) is 1.90. The smallest absolute Gasteiger partial charge is 0.193 e. The first-order valence-electron chi connectivity index (χ1n) is 12.5. The van der Waals surface area contributed by atoms with Crippen LogP contribution in [0.2, 0.25) is 0 Å². The molecule has 2 heterocycles. The van der Waals surface area contributed by atoms with Crippen LogP contribution in [0.5, 0.6) is 0 Å². The number of nitrogens with zero attached hydrogens (tertiary/aromatic N) is 4. The number of benzene rings is 4. The number of aliphatic imine (C=N–C) groups is 1. The quantitative estimate of drug-likeness (QED) is 0.271. The molecule has 0 aliphatic carbocycles. The van der Waals surface area contributed by atoms with E-state index in [1.54, 1.807) is 36.4 Å². The van der Waals surface area contributed by atoms with Crippen molar-refractivity contribution in [3.8, 4) is 5.69 Å². The summed E-state index contributed by atoms with van der Waals surface area (Å²) in [5.41, 5.74) is 5.17. The Kier molecular flexibility index (Phi) is 6.06. The average molecular weight is 497 g/mol. The number of fused-ring (bicyclic) bond motifs is 3. The summed E-state index contributed by atoms with van der Waals surface area (Å²) >= 11 is 0. The fourth-order valence-corrected chi connectivity index (χ4v) is 4.89. The molecule has 6 heteroatoms. The average Bonchev–Trinajstić information content (AvgIpc) is 3.30. The minimum absolute atomic E-state index is 0.0887. The van der Waals surface area contributed by atoms with Gasteiger partial charge in [-0.3, -0.25) is 19.1 Å². The summed E-state index contributed by atoms with van der Waals surface area (Å²) in [4.78, 5) is 31.7. The maximum Gasteiger partial charge on any atom is 0.193 e. The van der Waals surface area contributed by atoms with E-state index >= 15 is 0 Å². The number of carbonyl (C=O) groups is 2. The molecule has 0 bridgehead atoms. The van der Waals surface area contributed by atoms with Crippen LogP contribution in [0.25, 0.3) is 5.69 Å². The van der Waals surface area contributed by atoms with Gasteiger partial charge in [-0.2, -0.15) is 0 Å². The predicted octanol–water partition coefficient (Wildman–Crippen LogP) is 5.97. The zero-order valence-electron chi connectivity index (χ0n) is 20.8. The van der Waals surface area contributed by atoms with Crippen LogP contribution in [0.4, 0.5) is 0 Å². The van der Waals surface area contributed by atoms with E-state index in [-0.39, 0.29) is 18.0 Å². The highest BCUT2D eigenvalue weighted by Crippen LogP contribution is 2.33. The molecule has 1 atom stereocenters. The number of aromatic nitrogens is 3. The number of rotatable bonds is 6. The van der Waals surface area contributed by atoms with Crippen LogP contribution >= 0.6 is 0 Å². The Labute approximate surface area is 220 Å². The molecule has 4 aromatic carbocycles. The highest BCUT2D eigenvalue weighted by Gasteiger charge is 2.29. The van der Waals surface area contributed by atoms with Crippen LogP contribution in [0.15, 0.2) is 114 Å². The number of carbonyl (C=O) groups excluding carboxylic acids is 2. The van der Waals surface area contributed by atoms with Crippen LogP contribution < -0.4 is 0 Å². The molecule has 1 aliphatic rings.